The largest absolute Gasteiger partial charge is 0.481 e. The highest BCUT2D eigenvalue weighted by Gasteiger charge is 2.16. The van der Waals surface area contributed by atoms with Crippen molar-refractivity contribution in [2.75, 3.05) is 0 Å². The summed E-state index contributed by atoms with van der Waals surface area (Å²) < 4.78 is 13.7. The summed E-state index contributed by atoms with van der Waals surface area (Å²) >= 11 is 1.50. The van der Waals surface area contributed by atoms with Gasteiger partial charge >= 0.3 is 5.97 Å². The number of nitrogens with one attached hydrogen (secondary N) is 1. The van der Waals surface area contributed by atoms with E-state index in [2.05, 4.69) is 5.32 Å². The molecule has 0 aliphatic heterocycles. The van der Waals surface area contributed by atoms with Gasteiger partial charge in [0.1, 0.15) is 5.82 Å². The average molecular weight is 293 g/mol. The predicted octanol–water partition coefficient (Wildman–Crippen LogP) is 3.50. The highest BCUT2D eigenvalue weighted by atomic mass is 32.1. The van der Waals surface area contributed by atoms with Crippen molar-refractivity contribution in [2.24, 2.45) is 0 Å². The Morgan fingerprint density at radius 2 is 2.25 bits per heavy atom. The molecule has 0 aliphatic rings. The monoisotopic (exact) mass is 293 g/mol. The highest BCUT2D eigenvalue weighted by Crippen LogP contribution is 2.23. The van der Waals surface area contributed by atoms with Crippen LogP contribution in [0.3, 0.4) is 0 Å². The van der Waals surface area contributed by atoms with Crippen molar-refractivity contribution in [3.8, 4) is 0 Å². The number of aryl methyl sites for hydroxylation is 1. The second-order valence-electron chi connectivity index (χ2n) is 4.64. The van der Waals surface area contributed by atoms with Gasteiger partial charge in [0, 0.05) is 17.0 Å². The predicted molar refractivity (Wildman–Crippen MR) is 77.3 cm³/mol. The average Bonchev–Trinajstić information content (AvgIpc) is 2.91. The fourth-order valence-corrected chi connectivity index (χ4v) is 2.81. The molecule has 1 atom stereocenters. The second kappa shape index (κ2) is 6.63. The number of rotatable bonds is 6. The summed E-state index contributed by atoms with van der Waals surface area (Å²) in [7, 11) is 0. The number of aliphatic carboxylic acids is 1. The van der Waals surface area contributed by atoms with Crippen LogP contribution in [0.5, 0.6) is 0 Å². The maximum Gasteiger partial charge on any atom is 0.305 e. The maximum absolute atomic E-state index is 13.7. The molecule has 1 aromatic heterocycles. The number of thiophene rings is 1. The van der Waals surface area contributed by atoms with Gasteiger partial charge in [-0.3, -0.25) is 4.79 Å². The molecule has 2 rings (SSSR count). The topological polar surface area (TPSA) is 49.3 Å². The minimum absolute atomic E-state index is 0.0199. The van der Waals surface area contributed by atoms with Crippen molar-refractivity contribution >= 4 is 17.3 Å². The molecule has 0 amide bonds. The third-order valence-electron chi connectivity index (χ3n) is 3.01. The molecular weight excluding hydrogens is 277 g/mol. The van der Waals surface area contributed by atoms with Crippen LogP contribution in [0.2, 0.25) is 0 Å². The van der Waals surface area contributed by atoms with Gasteiger partial charge in [-0.2, -0.15) is 0 Å². The van der Waals surface area contributed by atoms with Gasteiger partial charge in [0.15, 0.2) is 0 Å². The summed E-state index contributed by atoms with van der Waals surface area (Å²) in [5.74, 6) is -1.15. The van der Waals surface area contributed by atoms with Crippen molar-refractivity contribution in [1.29, 1.82) is 0 Å². The minimum atomic E-state index is -0.874. The molecule has 2 N–H and O–H groups in total. The van der Waals surface area contributed by atoms with Crippen LogP contribution in [0.1, 0.15) is 28.5 Å². The molecule has 0 bridgehead atoms. The second-order valence-corrected chi connectivity index (χ2v) is 5.62. The van der Waals surface area contributed by atoms with Gasteiger partial charge in [0.2, 0.25) is 0 Å². The first-order valence-corrected chi connectivity index (χ1v) is 7.18. The van der Waals surface area contributed by atoms with Crippen molar-refractivity contribution in [3.63, 3.8) is 0 Å². The van der Waals surface area contributed by atoms with Gasteiger partial charge in [-0.05, 0) is 24.4 Å². The van der Waals surface area contributed by atoms with Gasteiger partial charge in [0.25, 0.3) is 0 Å². The van der Waals surface area contributed by atoms with Crippen LogP contribution in [0.15, 0.2) is 35.7 Å². The van der Waals surface area contributed by atoms with Crippen molar-refractivity contribution in [2.45, 2.75) is 25.9 Å². The third-order valence-corrected chi connectivity index (χ3v) is 3.99. The van der Waals surface area contributed by atoms with Gasteiger partial charge < -0.3 is 10.4 Å². The maximum atomic E-state index is 13.7. The number of carboxylic acid groups (broad SMARTS) is 1. The molecule has 0 spiro atoms. The molecule has 3 nitrogen and oxygen atoms in total. The summed E-state index contributed by atoms with van der Waals surface area (Å²) in [4.78, 5) is 11.9. The molecule has 20 heavy (non-hydrogen) atoms. The summed E-state index contributed by atoms with van der Waals surface area (Å²) in [6, 6.07) is 8.39. The first kappa shape index (κ1) is 14.7. The van der Waals surface area contributed by atoms with Gasteiger partial charge in [-0.1, -0.05) is 23.8 Å². The third kappa shape index (κ3) is 3.88. The lowest BCUT2D eigenvalue weighted by atomic mass is 10.1. The lowest BCUT2D eigenvalue weighted by molar-refractivity contribution is -0.137. The van der Waals surface area contributed by atoms with E-state index in [9.17, 15) is 9.18 Å². The van der Waals surface area contributed by atoms with Crippen LogP contribution in [-0.2, 0) is 11.3 Å². The van der Waals surface area contributed by atoms with Crippen molar-refractivity contribution in [1.82, 2.24) is 5.32 Å². The summed E-state index contributed by atoms with van der Waals surface area (Å²) in [5, 5.41) is 14.0. The zero-order chi connectivity index (χ0) is 14.5. The minimum Gasteiger partial charge on any atom is -0.481 e. The van der Waals surface area contributed by atoms with Crippen molar-refractivity contribution < 1.29 is 14.3 Å². The summed E-state index contributed by atoms with van der Waals surface area (Å²) in [5.41, 5.74) is 1.53. The highest BCUT2D eigenvalue weighted by molar-refractivity contribution is 7.10. The molecule has 0 fully saturated rings. The first-order valence-electron chi connectivity index (χ1n) is 6.30. The van der Waals surface area contributed by atoms with E-state index in [1.807, 2.05) is 24.4 Å². The molecule has 1 heterocycles. The number of carbonyl (C=O) groups is 1. The van der Waals surface area contributed by atoms with E-state index >= 15 is 0 Å². The van der Waals surface area contributed by atoms with Gasteiger partial charge in [-0.15, -0.1) is 11.3 Å². The van der Waals surface area contributed by atoms with E-state index in [1.54, 1.807) is 12.1 Å². The Morgan fingerprint density at radius 3 is 2.90 bits per heavy atom. The van der Waals surface area contributed by atoms with Crippen LogP contribution in [0, 0.1) is 12.7 Å². The molecule has 0 saturated carbocycles. The zero-order valence-electron chi connectivity index (χ0n) is 11.1. The molecule has 0 saturated heterocycles. The van der Waals surface area contributed by atoms with E-state index in [1.165, 1.54) is 17.4 Å². The molecule has 1 unspecified atom stereocenters. The van der Waals surface area contributed by atoms with Gasteiger partial charge in [0.05, 0.1) is 12.5 Å². The number of halogens is 1. The van der Waals surface area contributed by atoms with Crippen molar-refractivity contribution in [3.05, 3.63) is 57.5 Å². The number of carboxylic acids is 1. The molecule has 0 radical (unpaired) electrons. The van der Waals surface area contributed by atoms with E-state index in [4.69, 9.17) is 5.11 Å². The fourth-order valence-electron chi connectivity index (χ4n) is 2.01. The van der Waals surface area contributed by atoms with E-state index in [0.29, 0.717) is 12.1 Å². The lowest BCUT2D eigenvalue weighted by Crippen LogP contribution is -2.23. The number of hydrogen-bond donors (Lipinski definition) is 2. The van der Waals surface area contributed by atoms with Crippen LogP contribution in [0.4, 0.5) is 4.39 Å². The summed E-state index contributed by atoms with van der Waals surface area (Å²) in [6.45, 7) is 2.21. The van der Waals surface area contributed by atoms with Gasteiger partial charge in [-0.25, -0.2) is 4.39 Å². The molecule has 0 aliphatic carbocycles. The Kier molecular flexibility index (Phi) is 4.87. The molecule has 106 valence electrons. The molecule has 5 heteroatoms. The lowest BCUT2D eigenvalue weighted by Gasteiger charge is -2.16. The number of benzene rings is 1. The van der Waals surface area contributed by atoms with Crippen LogP contribution >= 0.6 is 11.3 Å². The zero-order valence-corrected chi connectivity index (χ0v) is 11.9. The quantitative estimate of drug-likeness (QED) is 0.857. The Morgan fingerprint density at radius 1 is 1.45 bits per heavy atom. The van der Waals surface area contributed by atoms with E-state index in [0.717, 1.165) is 10.4 Å². The van der Waals surface area contributed by atoms with Crippen LogP contribution in [0.25, 0.3) is 0 Å². The molecule has 2 aromatic rings. The Bertz CT molecular complexity index is 584. The Balaban J connectivity index is 2.08. The van der Waals surface area contributed by atoms with Crippen LogP contribution < -0.4 is 5.32 Å². The molecule has 1 aromatic carbocycles. The Hall–Kier alpha value is -1.72. The number of hydrogen-bond acceptors (Lipinski definition) is 3. The van der Waals surface area contributed by atoms with E-state index in [-0.39, 0.29) is 18.3 Å². The summed E-state index contributed by atoms with van der Waals surface area (Å²) in [6.07, 6.45) is -0.0199. The standard InChI is InChI=1S/C15H16FNO2S/c1-10-4-5-12(16)11(7-10)9-17-13(8-15(18)19)14-3-2-6-20-14/h2-7,13,17H,8-9H2,1H3,(H,18,19). The fraction of sp³-hybridized carbons (Fsp3) is 0.267. The SMILES string of the molecule is Cc1ccc(F)c(CNC(CC(=O)O)c2cccs2)c1. The first-order chi connectivity index (χ1) is 9.56. The smallest absolute Gasteiger partial charge is 0.305 e. The van der Waals surface area contributed by atoms with E-state index < -0.39 is 5.97 Å². The Labute approximate surface area is 121 Å². The molecular formula is C15H16FNO2S. The normalized spacial score (nSPS) is 12.3. The van der Waals surface area contributed by atoms with Crippen LogP contribution in [-0.4, -0.2) is 11.1 Å².